The highest BCUT2D eigenvalue weighted by atomic mass is 35.5. The van der Waals surface area contributed by atoms with E-state index in [1.54, 1.807) is 22.8 Å². The number of ether oxygens (including phenoxy) is 1. The highest BCUT2D eigenvalue weighted by molar-refractivity contribution is 6.30. The van der Waals surface area contributed by atoms with E-state index in [4.69, 9.17) is 16.3 Å². The van der Waals surface area contributed by atoms with Crippen LogP contribution in [0.5, 0.6) is 5.75 Å². The van der Waals surface area contributed by atoms with Crippen molar-refractivity contribution in [3.63, 3.8) is 0 Å². The summed E-state index contributed by atoms with van der Waals surface area (Å²) in [6, 6.07) is 8.92. The second kappa shape index (κ2) is 7.67. The third kappa shape index (κ3) is 4.76. The lowest BCUT2D eigenvalue weighted by molar-refractivity contribution is -0.137. The number of nitrogens with one attached hydrogen (secondary N) is 1. The smallest absolute Gasteiger partial charge is 0.416 e. The van der Waals surface area contributed by atoms with Gasteiger partial charge >= 0.3 is 6.18 Å². The van der Waals surface area contributed by atoms with Gasteiger partial charge in [-0.25, -0.2) is 0 Å². The van der Waals surface area contributed by atoms with Gasteiger partial charge in [0.25, 0.3) is 5.91 Å². The van der Waals surface area contributed by atoms with E-state index in [0.717, 1.165) is 12.1 Å². The average Bonchev–Trinajstić information content (AvgIpc) is 3.15. The molecule has 140 valence electrons. The average molecular weight is 397 g/mol. The molecular formula is C17H12ClF3N4O2. The van der Waals surface area contributed by atoms with Crippen molar-refractivity contribution in [2.24, 2.45) is 0 Å². The van der Waals surface area contributed by atoms with E-state index >= 15 is 0 Å². The normalized spacial score (nSPS) is 11.3. The van der Waals surface area contributed by atoms with Crippen molar-refractivity contribution in [2.45, 2.75) is 6.18 Å². The molecule has 0 bridgehead atoms. The maximum absolute atomic E-state index is 12.5. The molecule has 1 amide bonds. The first-order valence-corrected chi connectivity index (χ1v) is 7.95. The summed E-state index contributed by atoms with van der Waals surface area (Å²) in [7, 11) is 0. The number of hydrogen-bond acceptors (Lipinski definition) is 4. The van der Waals surface area contributed by atoms with Crippen LogP contribution in [0.1, 0.15) is 5.56 Å². The minimum Gasteiger partial charge on any atom is -0.482 e. The van der Waals surface area contributed by atoms with Gasteiger partial charge in [0, 0.05) is 10.7 Å². The van der Waals surface area contributed by atoms with Crippen LogP contribution in [-0.4, -0.2) is 27.3 Å². The van der Waals surface area contributed by atoms with Crippen molar-refractivity contribution in [1.82, 2.24) is 14.8 Å². The molecule has 27 heavy (non-hydrogen) atoms. The first-order valence-electron chi connectivity index (χ1n) is 7.57. The Morgan fingerprint density at radius 1 is 1.11 bits per heavy atom. The van der Waals surface area contributed by atoms with Gasteiger partial charge in [-0.3, -0.25) is 9.36 Å². The number of amides is 1. The van der Waals surface area contributed by atoms with Crippen LogP contribution in [0.15, 0.2) is 55.1 Å². The van der Waals surface area contributed by atoms with E-state index in [-0.39, 0.29) is 12.3 Å². The van der Waals surface area contributed by atoms with E-state index in [1.165, 1.54) is 24.8 Å². The molecule has 6 nitrogen and oxygen atoms in total. The number of alkyl halides is 3. The molecule has 1 aromatic heterocycles. The number of benzene rings is 2. The maximum atomic E-state index is 12.5. The third-order valence-corrected chi connectivity index (χ3v) is 3.71. The fourth-order valence-electron chi connectivity index (χ4n) is 2.22. The summed E-state index contributed by atoms with van der Waals surface area (Å²) in [5.41, 5.74) is -0.0296. The highest BCUT2D eigenvalue weighted by Gasteiger charge is 2.29. The fraction of sp³-hybridized carbons (Fsp3) is 0.118. The molecule has 0 saturated heterocycles. The molecule has 10 heteroatoms. The molecule has 0 fully saturated rings. The van der Waals surface area contributed by atoms with Crippen LogP contribution in [0.2, 0.25) is 5.02 Å². The minimum atomic E-state index is -4.43. The van der Waals surface area contributed by atoms with Crippen LogP contribution in [-0.2, 0) is 11.0 Å². The number of nitrogens with zero attached hydrogens (tertiary/aromatic N) is 3. The lowest BCUT2D eigenvalue weighted by atomic mass is 10.2. The van der Waals surface area contributed by atoms with E-state index in [9.17, 15) is 18.0 Å². The van der Waals surface area contributed by atoms with Crippen LogP contribution in [0.4, 0.5) is 18.9 Å². The van der Waals surface area contributed by atoms with E-state index in [1.807, 2.05) is 0 Å². The Kier molecular flexibility index (Phi) is 5.31. The first-order chi connectivity index (χ1) is 12.8. The number of anilines is 1. The van der Waals surface area contributed by atoms with Crippen LogP contribution in [0, 0.1) is 0 Å². The Morgan fingerprint density at radius 2 is 1.78 bits per heavy atom. The zero-order chi connectivity index (χ0) is 19.4. The Hall–Kier alpha value is -3.07. The Balaban J connectivity index is 1.65. The molecule has 0 aliphatic heterocycles. The largest absolute Gasteiger partial charge is 0.482 e. The van der Waals surface area contributed by atoms with Crippen LogP contribution >= 0.6 is 11.6 Å². The lowest BCUT2D eigenvalue weighted by Gasteiger charge is -2.12. The number of halogens is 4. The third-order valence-electron chi connectivity index (χ3n) is 3.47. The van der Waals surface area contributed by atoms with Gasteiger partial charge in [0.15, 0.2) is 6.61 Å². The number of carbonyl (C=O) groups excluding carboxylic acids is 1. The number of carbonyl (C=O) groups is 1. The molecular weight excluding hydrogens is 385 g/mol. The summed E-state index contributed by atoms with van der Waals surface area (Å²) < 4.78 is 44.7. The van der Waals surface area contributed by atoms with Gasteiger partial charge < -0.3 is 10.1 Å². The summed E-state index contributed by atoms with van der Waals surface area (Å²) in [5.74, 6) is -0.166. The van der Waals surface area contributed by atoms with Crippen molar-refractivity contribution >= 4 is 23.2 Å². The molecule has 1 N–H and O–H groups in total. The maximum Gasteiger partial charge on any atom is 0.416 e. The number of aromatic nitrogens is 3. The summed E-state index contributed by atoms with van der Waals surface area (Å²) in [6.45, 7) is -0.349. The molecule has 1 heterocycles. The van der Waals surface area contributed by atoms with E-state index in [2.05, 4.69) is 15.5 Å². The molecule has 0 unspecified atom stereocenters. The predicted octanol–water partition coefficient (Wildman–Crippen LogP) is 3.96. The Labute approximate surface area is 156 Å². The van der Waals surface area contributed by atoms with Gasteiger partial charge in [-0.2, -0.15) is 13.2 Å². The van der Waals surface area contributed by atoms with Gasteiger partial charge in [0.1, 0.15) is 18.4 Å². The van der Waals surface area contributed by atoms with Crippen molar-refractivity contribution in [3.05, 3.63) is 65.7 Å². The zero-order valence-electron chi connectivity index (χ0n) is 13.6. The fourth-order valence-corrected chi connectivity index (χ4v) is 2.39. The first kappa shape index (κ1) is 18.7. The molecule has 0 radical (unpaired) electrons. The molecule has 3 rings (SSSR count). The Bertz CT molecular complexity index is 928. The molecule has 2 aromatic carbocycles. The topological polar surface area (TPSA) is 69.0 Å². The van der Waals surface area contributed by atoms with Gasteiger partial charge in [-0.05, 0) is 42.5 Å². The quantitative estimate of drug-likeness (QED) is 0.709. The lowest BCUT2D eigenvalue weighted by Crippen LogP contribution is -2.20. The van der Waals surface area contributed by atoms with Crippen molar-refractivity contribution in [2.75, 3.05) is 11.9 Å². The van der Waals surface area contributed by atoms with Gasteiger partial charge in [-0.15, -0.1) is 10.2 Å². The summed E-state index contributed by atoms with van der Waals surface area (Å²) in [5, 5.41) is 10.3. The van der Waals surface area contributed by atoms with Crippen LogP contribution in [0.25, 0.3) is 5.69 Å². The summed E-state index contributed by atoms with van der Waals surface area (Å²) >= 11 is 5.98. The number of hydrogen-bond donors (Lipinski definition) is 1. The highest BCUT2D eigenvalue weighted by Crippen LogP contribution is 2.30. The standard InChI is InChI=1S/C17H12ClF3N4O2/c18-12-3-6-15(14(7-12)25-9-22-23-10-25)27-8-16(26)24-13-4-1-11(2-5-13)17(19,20)21/h1-7,9-10H,8H2,(H,24,26). The predicted molar refractivity (Wildman–Crippen MR) is 91.9 cm³/mol. The van der Waals surface area contributed by atoms with Crippen molar-refractivity contribution in [3.8, 4) is 11.4 Å². The second-order valence-corrected chi connectivity index (χ2v) is 5.83. The second-order valence-electron chi connectivity index (χ2n) is 5.39. The summed E-state index contributed by atoms with van der Waals surface area (Å²) in [6.07, 6.45) is -1.54. The molecule has 3 aromatic rings. The van der Waals surface area contributed by atoms with Crippen LogP contribution < -0.4 is 10.1 Å². The van der Waals surface area contributed by atoms with Crippen LogP contribution in [0.3, 0.4) is 0 Å². The number of rotatable bonds is 5. The monoisotopic (exact) mass is 396 g/mol. The zero-order valence-corrected chi connectivity index (χ0v) is 14.3. The Morgan fingerprint density at radius 3 is 2.41 bits per heavy atom. The van der Waals surface area contributed by atoms with Gasteiger partial charge in [0.2, 0.25) is 0 Å². The van der Waals surface area contributed by atoms with Gasteiger partial charge in [-0.1, -0.05) is 11.6 Å². The van der Waals surface area contributed by atoms with Crippen molar-refractivity contribution in [1.29, 1.82) is 0 Å². The molecule has 0 aliphatic carbocycles. The van der Waals surface area contributed by atoms with Crippen molar-refractivity contribution < 1.29 is 22.7 Å². The summed E-state index contributed by atoms with van der Waals surface area (Å²) in [4.78, 5) is 12.0. The van der Waals surface area contributed by atoms with E-state index in [0.29, 0.717) is 16.5 Å². The molecule has 0 atom stereocenters. The van der Waals surface area contributed by atoms with E-state index < -0.39 is 17.6 Å². The molecule has 0 saturated carbocycles. The molecule has 0 aliphatic rings. The SMILES string of the molecule is O=C(COc1ccc(Cl)cc1-n1cnnc1)Nc1ccc(C(F)(F)F)cc1. The minimum absolute atomic E-state index is 0.228. The van der Waals surface area contributed by atoms with Gasteiger partial charge in [0.05, 0.1) is 11.3 Å². The molecule has 0 spiro atoms.